The van der Waals surface area contributed by atoms with Crippen LogP contribution in [0.1, 0.15) is 18.4 Å². The first-order valence-electron chi connectivity index (χ1n) is 4.64. The molecule has 4 nitrogen and oxygen atoms in total. The SMILES string of the molecule is CC(c1ccc(Cl)cc1)C(C(=O)O)C(=O)O. The first-order chi connectivity index (χ1) is 7.43. The number of aliphatic carboxylic acids is 2. The van der Waals surface area contributed by atoms with E-state index in [1.54, 1.807) is 31.2 Å². The zero-order chi connectivity index (χ0) is 12.3. The molecule has 0 radical (unpaired) electrons. The van der Waals surface area contributed by atoms with E-state index in [1.807, 2.05) is 0 Å². The number of benzene rings is 1. The van der Waals surface area contributed by atoms with Gasteiger partial charge < -0.3 is 10.2 Å². The average Bonchev–Trinajstić information content (AvgIpc) is 2.17. The highest BCUT2D eigenvalue weighted by molar-refractivity contribution is 6.30. The van der Waals surface area contributed by atoms with E-state index in [0.717, 1.165) is 0 Å². The summed E-state index contributed by atoms with van der Waals surface area (Å²) in [6.45, 7) is 1.57. The predicted octanol–water partition coefficient (Wildman–Crippen LogP) is 2.23. The smallest absolute Gasteiger partial charge is 0.318 e. The molecule has 16 heavy (non-hydrogen) atoms. The molecular formula is C11H11ClO4. The molecule has 0 spiro atoms. The van der Waals surface area contributed by atoms with E-state index in [-0.39, 0.29) is 0 Å². The molecule has 0 bridgehead atoms. The second-order valence-electron chi connectivity index (χ2n) is 3.49. The Bertz CT molecular complexity index is 385. The summed E-state index contributed by atoms with van der Waals surface area (Å²) in [4.78, 5) is 21.6. The van der Waals surface area contributed by atoms with Crippen molar-refractivity contribution in [2.75, 3.05) is 0 Å². The van der Waals surface area contributed by atoms with Gasteiger partial charge in [-0.3, -0.25) is 9.59 Å². The van der Waals surface area contributed by atoms with Gasteiger partial charge in [-0.2, -0.15) is 0 Å². The number of carbonyl (C=O) groups is 2. The van der Waals surface area contributed by atoms with Gasteiger partial charge in [-0.25, -0.2) is 0 Å². The minimum Gasteiger partial charge on any atom is -0.481 e. The van der Waals surface area contributed by atoms with Crippen LogP contribution in [0.4, 0.5) is 0 Å². The maximum atomic E-state index is 10.8. The van der Waals surface area contributed by atoms with E-state index >= 15 is 0 Å². The lowest BCUT2D eigenvalue weighted by atomic mass is 9.88. The van der Waals surface area contributed by atoms with Crippen molar-refractivity contribution in [1.29, 1.82) is 0 Å². The molecule has 1 atom stereocenters. The summed E-state index contributed by atoms with van der Waals surface area (Å²) in [5.74, 6) is -4.72. The van der Waals surface area contributed by atoms with Crippen LogP contribution in [0.3, 0.4) is 0 Å². The zero-order valence-corrected chi connectivity index (χ0v) is 9.31. The molecule has 0 heterocycles. The standard InChI is InChI=1S/C11H11ClO4/c1-6(9(10(13)14)11(15)16)7-2-4-8(12)5-3-7/h2-6,9H,1H3,(H,13,14)(H,15,16). The van der Waals surface area contributed by atoms with Crippen LogP contribution in [0.2, 0.25) is 5.02 Å². The number of carboxylic acid groups (broad SMARTS) is 2. The van der Waals surface area contributed by atoms with Crippen molar-refractivity contribution in [3.8, 4) is 0 Å². The van der Waals surface area contributed by atoms with Crippen LogP contribution in [0, 0.1) is 5.92 Å². The molecule has 0 aliphatic carbocycles. The zero-order valence-electron chi connectivity index (χ0n) is 8.55. The van der Waals surface area contributed by atoms with Crippen molar-refractivity contribution in [3.05, 3.63) is 34.9 Å². The van der Waals surface area contributed by atoms with Crippen LogP contribution in [-0.4, -0.2) is 22.2 Å². The molecule has 5 heteroatoms. The van der Waals surface area contributed by atoms with Crippen LogP contribution in [0.15, 0.2) is 24.3 Å². The van der Waals surface area contributed by atoms with E-state index < -0.39 is 23.8 Å². The number of hydrogen-bond donors (Lipinski definition) is 2. The van der Waals surface area contributed by atoms with Crippen molar-refractivity contribution in [1.82, 2.24) is 0 Å². The number of halogens is 1. The van der Waals surface area contributed by atoms with Crippen molar-refractivity contribution in [2.24, 2.45) is 5.92 Å². The second-order valence-corrected chi connectivity index (χ2v) is 3.93. The lowest BCUT2D eigenvalue weighted by molar-refractivity contribution is -0.155. The Labute approximate surface area is 97.5 Å². The third-order valence-electron chi connectivity index (χ3n) is 2.43. The van der Waals surface area contributed by atoms with E-state index in [0.29, 0.717) is 10.6 Å². The van der Waals surface area contributed by atoms with Gasteiger partial charge in [-0.1, -0.05) is 30.7 Å². The predicted molar refractivity (Wildman–Crippen MR) is 58.6 cm³/mol. The molecular weight excluding hydrogens is 232 g/mol. The van der Waals surface area contributed by atoms with Crippen LogP contribution >= 0.6 is 11.6 Å². The number of hydrogen-bond acceptors (Lipinski definition) is 2. The Balaban J connectivity index is 2.99. The van der Waals surface area contributed by atoms with Gasteiger partial charge in [0.05, 0.1) is 0 Å². The third kappa shape index (κ3) is 2.73. The molecule has 1 aromatic carbocycles. The minimum atomic E-state index is -1.44. The lowest BCUT2D eigenvalue weighted by Gasteiger charge is -2.16. The quantitative estimate of drug-likeness (QED) is 0.794. The molecule has 86 valence electrons. The second kappa shape index (κ2) is 4.99. The van der Waals surface area contributed by atoms with Crippen molar-refractivity contribution in [2.45, 2.75) is 12.8 Å². The monoisotopic (exact) mass is 242 g/mol. The van der Waals surface area contributed by atoms with Crippen LogP contribution in [0.25, 0.3) is 0 Å². The molecule has 0 saturated carbocycles. The van der Waals surface area contributed by atoms with Gasteiger partial charge in [0, 0.05) is 10.9 Å². The summed E-state index contributed by atoms with van der Waals surface area (Å²) in [7, 11) is 0. The molecule has 2 N–H and O–H groups in total. The fraction of sp³-hybridized carbons (Fsp3) is 0.273. The Hall–Kier alpha value is -1.55. The molecule has 0 fully saturated rings. The van der Waals surface area contributed by atoms with Gasteiger partial charge in [0.2, 0.25) is 0 Å². The summed E-state index contributed by atoms with van der Waals surface area (Å²) in [5.41, 5.74) is 0.638. The van der Waals surface area contributed by atoms with Crippen molar-refractivity contribution >= 4 is 23.5 Å². The van der Waals surface area contributed by atoms with E-state index in [9.17, 15) is 9.59 Å². The van der Waals surface area contributed by atoms with Crippen LogP contribution in [0.5, 0.6) is 0 Å². The highest BCUT2D eigenvalue weighted by Gasteiger charge is 2.32. The summed E-state index contributed by atoms with van der Waals surface area (Å²) < 4.78 is 0. The summed E-state index contributed by atoms with van der Waals surface area (Å²) in [6, 6.07) is 6.47. The molecule has 1 aromatic rings. The van der Waals surface area contributed by atoms with Crippen molar-refractivity contribution in [3.63, 3.8) is 0 Å². The fourth-order valence-electron chi connectivity index (χ4n) is 1.49. The molecule has 0 aliphatic rings. The average molecular weight is 243 g/mol. The Kier molecular flexibility index (Phi) is 3.90. The van der Waals surface area contributed by atoms with Crippen LogP contribution < -0.4 is 0 Å². The molecule has 0 amide bonds. The van der Waals surface area contributed by atoms with Crippen molar-refractivity contribution < 1.29 is 19.8 Å². The Morgan fingerprint density at radius 3 is 1.94 bits per heavy atom. The van der Waals surface area contributed by atoms with Crippen LogP contribution in [-0.2, 0) is 9.59 Å². The maximum Gasteiger partial charge on any atom is 0.318 e. The highest BCUT2D eigenvalue weighted by atomic mass is 35.5. The van der Waals surface area contributed by atoms with Gasteiger partial charge in [-0.05, 0) is 17.7 Å². The van der Waals surface area contributed by atoms with Gasteiger partial charge >= 0.3 is 11.9 Å². The minimum absolute atomic E-state index is 0.526. The summed E-state index contributed by atoms with van der Waals surface area (Å²) >= 11 is 5.69. The molecule has 0 saturated heterocycles. The van der Waals surface area contributed by atoms with Gasteiger partial charge in [0.25, 0.3) is 0 Å². The van der Waals surface area contributed by atoms with Gasteiger partial charge in [0.15, 0.2) is 5.92 Å². The van der Waals surface area contributed by atoms with E-state index in [2.05, 4.69) is 0 Å². The molecule has 1 rings (SSSR count). The Morgan fingerprint density at radius 1 is 1.12 bits per heavy atom. The molecule has 1 unspecified atom stereocenters. The maximum absolute atomic E-state index is 10.8. The Morgan fingerprint density at radius 2 is 1.56 bits per heavy atom. The number of rotatable bonds is 4. The van der Waals surface area contributed by atoms with Gasteiger partial charge in [0.1, 0.15) is 0 Å². The fourth-order valence-corrected chi connectivity index (χ4v) is 1.62. The largest absolute Gasteiger partial charge is 0.481 e. The summed E-state index contributed by atoms with van der Waals surface area (Å²) in [6.07, 6.45) is 0. The first-order valence-corrected chi connectivity index (χ1v) is 5.02. The third-order valence-corrected chi connectivity index (χ3v) is 2.68. The topological polar surface area (TPSA) is 74.6 Å². The van der Waals surface area contributed by atoms with Gasteiger partial charge in [-0.15, -0.1) is 0 Å². The molecule has 0 aromatic heterocycles. The summed E-state index contributed by atoms with van der Waals surface area (Å²) in [5, 5.41) is 18.2. The molecule has 0 aliphatic heterocycles. The number of carboxylic acids is 2. The van der Waals surface area contributed by atoms with E-state index in [1.165, 1.54) is 0 Å². The van der Waals surface area contributed by atoms with E-state index in [4.69, 9.17) is 21.8 Å². The normalized spacial score (nSPS) is 12.4. The first kappa shape index (κ1) is 12.5. The highest BCUT2D eigenvalue weighted by Crippen LogP contribution is 2.26. The lowest BCUT2D eigenvalue weighted by Crippen LogP contribution is -2.28.